The highest BCUT2D eigenvalue weighted by molar-refractivity contribution is 6.32. The number of hydrogen-bond donors (Lipinski definition) is 2. The Hall–Kier alpha value is -2.53. The summed E-state index contributed by atoms with van der Waals surface area (Å²) >= 11 is 5.95. The van der Waals surface area contributed by atoms with Gasteiger partial charge in [-0.15, -0.1) is 0 Å². The maximum absolute atomic E-state index is 11.9. The number of carbonyl (C=O) groups excluding carboxylic acids is 1. The molecule has 1 aromatic heterocycles. The van der Waals surface area contributed by atoms with Gasteiger partial charge in [0.2, 0.25) is 0 Å². The van der Waals surface area contributed by atoms with Crippen molar-refractivity contribution in [3.63, 3.8) is 0 Å². The molecule has 0 fully saturated rings. The first-order valence-corrected chi connectivity index (χ1v) is 6.72. The second-order valence-electron chi connectivity index (χ2n) is 4.39. The van der Waals surface area contributed by atoms with Crippen LogP contribution in [0.4, 0.5) is 5.82 Å². The summed E-state index contributed by atoms with van der Waals surface area (Å²) in [7, 11) is 0. The van der Waals surface area contributed by atoms with Gasteiger partial charge >= 0.3 is 0 Å². The molecule has 5 nitrogen and oxygen atoms in total. The molecule has 0 saturated carbocycles. The van der Waals surface area contributed by atoms with Crippen molar-refractivity contribution in [3.8, 4) is 5.75 Å². The molecule has 0 radical (unpaired) electrons. The minimum absolute atomic E-state index is 0.134. The van der Waals surface area contributed by atoms with Gasteiger partial charge in [-0.1, -0.05) is 35.9 Å². The van der Waals surface area contributed by atoms with Gasteiger partial charge in [0, 0.05) is 5.39 Å². The molecule has 106 valence electrons. The lowest BCUT2D eigenvalue weighted by Gasteiger charge is -2.07. The molecular weight excluding hydrogens is 290 g/mol. The predicted octanol–water partition coefficient (Wildman–Crippen LogP) is 3.23. The van der Waals surface area contributed by atoms with Gasteiger partial charge in [-0.3, -0.25) is 9.89 Å². The molecule has 21 heavy (non-hydrogen) atoms. The highest BCUT2D eigenvalue weighted by Crippen LogP contribution is 2.23. The van der Waals surface area contributed by atoms with Crippen LogP contribution in [0.5, 0.6) is 5.75 Å². The van der Waals surface area contributed by atoms with Crippen LogP contribution in [-0.2, 0) is 4.79 Å². The van der Waals surface area contributed by atoms with Crippen LogP contribution >= 0.6 is 11.6 Å². The van der Waals surface area contributed by atoms with Gasteiger partial charge in [0.25, 0.3) is 5.91 Å². The number of nitrogens with zero attached hydrogens (tertiary/aromatic N) is 1. The summed E-state index contributed by atoms with van der Waals surface area (Å²) in [6.07, 6.45) is 0. The topological polar surface area (TPSA) is 67.0 Å². The summed E-state index contributed by atoms with van der Waals surface area (Å²) in [4.78, 5) is 11.9. The molecule has 0 bridgehead atoms. The van der Waals surface area contributed by atoms with Crippen LogP contribution in [0.1, 0.15) is 0 Å². The second-order valence-corrected chi connectivity index (χ2v) is 4.79. The molecule has 0 aliphatic heterocycles. The van der Waals surface area contributed by atoms with Crippen LogP contribution in [0.3, 0.4) is 0 Å². The Kier molecular flexibility index (Phi) is 3.75. The van der Waals surface area contributed by atoms with Crippen molar-refractivity contribution in [1.82, 2.24) is 10.2 Å². The van der Waals surface area contributed by atoms with Crippen molar-refractivity contribution in [2.24, 2.45) is 0 Å². The van der Waals surface area contributed by atoms with Crippen molar-refractivity contribution in [1.29, 1.82) is 0 Å². The monoisotopic (exact) mass is 301 g/mol. The summed E-state index contributed by atoms with van der Waals surface area (Å²) in [5.41, 5.74) is 0.861. The molecule has 0 saturated heterocycles. The van der Waals surface area contributed by atoms with Gasteiger partial charge in [-0.05, 0) is 24.3 Å². The molecule has 3 aromatic rings. The van der Waals surface area contributed by atoms with Crippen molar-refractivity contribution in [2.75, 3.05) is 11.9 Å². The molecule has 3 rings (SSSR count). The summed E-state index contributed by atoms with van der Waals surface area (Å²) in [5.74, 6) is 0.659. The number of fused-ring (bicyclic) bond motifs is 1. The number of nitrogens with one attached hydrogen (secondary N) is 2. The Morgan fingerprint density at radius 2 is 1.95 bits per heavy atom. The highest BCUT2D eigenvalue weighted by atomic mass is 35.5. The fourth-order valence-corrected chi connectivity index (χ4v) is 2.12. The average Bonchev–Trinajstić information content (AvgIpc) is 2.90. The van der Waals surface area contributed by atoms with Crippen LogP contribution in [0.15, 0.2) is 48.5 Å². The molecule has 0 aliphatic carbocycles. The molecule has 2 aromatic carbocycles. The zero-order valence-corrected chi connectivity index (χ0v) is 11.7. The van der Waals surface area contributed by atoms with E-state index in [4.69, 9.17) is 16.3 Å². The number of H-pyrrole nitrogens is 1. The SMILES string of the molecule is O=C(COc1ccccc1Cl)Nc1n[nH]c2ccccc12. The summed E-state index contributed by atoms with van der Waals surface area (Å²) in [5, 5.41) is 10.9. The number of benzene rings is 2. The molecule has 1 heterocycles. The molecular formula is C15H12ClN3O2. The Morgan fingerprint density at radius 3 is 2.81 bits per heavy atom. The van der Waals surface area contributed by atoms with E-state index in [-0.39, 0.29) is 12.5 Å². The van der Waals surface area contributed by atoms with Crippen molar-refractivity contribution in [3.05, 3.63) is 53.6 Å². The van der Waals surface area contributed by atoms with Crippen molar-refractivity contribution < 1.29 is 9.53 Å². The molecule has 0 atom stereocenters. The van der Waals surface area contributed by atoms with E-state index in [1.165, 1.54) is 0 Å². The molecule has 6 heteroatoms. The minimum Gasteiger partial charge on any atom is -0.482 e. The summed E-state index contributed by atoms with van der Waals surface area (Å²) in [6.45, 7) is -0.134. The van der Waals surface area contributed by atoms with Gasteiger partial charge in [0.15, 0.2) is 12.4 Å². The van der Waals surface area contributed by atoms with E-state index in [0.29, 0.717) is 16.6 Å². The molecule has 0 aliphatic rings. The van der Waals surface area contributed by atoms with Crippen LogP contribution < -0.4 is 10.1 Å². The highest BCUT2D eigenvalue weighted by Gasteiger charge is 2.10. The van der Waals surface area contributed by atoms with Gasteiger partial charge in [0.05, 0.1) is 10.5 Å². The number of hydrogen-bond acceptors (Lipinski definition) is 3. The Balaban J connectivity index is 1.66. The van der Waals surface area contributed by atoms with Crippen molar-refractivity contribution in [2.45, 2.75) is 0 Å². The number of halogens is 1. The largest absolute Gasteiger partial charge is 0.482 e. The van der Waals surface area contributed by atoms with E-state index in [0.717, 1.165) is 10.9 Å². The van der Waals surface area contributed by atoms with E-state index < -0.39 is 0 Å². The van der Waals surface area contributed by atoms with Crippen LogP contribution in [0, 0.1) is 0 Å². The Labute approximate surface area is 125 Å². The molecule has 0 unspecified atom stereocenters. The van der Waals surface area contributed by atoms with Crippen LogP contribution in [0.2, 0.25) is 5.02 Å². The number of aromatic nitrogens is 2. The van der Waals surface area contributed by atoms with Gasteiger partial charge in [-0.2, -0.15) is 5.10 Å². The third-order valence-electron chi connectivity index (χ3n) is 2.92. The molecule has 1 amide bonds. The normalized spacial score (nSPS) is 10.5. The average molecular weight is 302 g/mol. The first kappa shape index (κ1) is 13.5. The maximum atomic E-state index is 11.9. The van der Waals surface area contributed by atoms with Gasteiger partial charge in [0.1, 0.15) is 5.75 Å². The number of amides is 1. The fraction of sp³-hybridized carbons (Fsp3) is 0.0667. The Morgan fingerprint density at radius 1 is 1.19 bits per heavy atom. The number of carbonyl (C=O) groups is 1. The smallest absolute Gasteiger partial charge is 0.263 e. The van der Waals surface area contributed by atoms with E-state index in [9.17, 15) is 4.79 Å². The number of ether oxygens (including phenoxy) is 1. The maximum Gasteiger partial charge on any atom is 0.263 e. The predicted molar refractivity (Wildman–Crippen MR) is 81.7 cm³/mol. The van der Waals surface area contributed by atoms with E-state index in [2.05, 4.69) is 15.5 Å². The lowest BCUT2D eigenvalue weighted by Crippen LogP contribution is -2.20. The van der Waals surface area contributed by atoms with E-state index >= 15 is 0 Å². The van der Waals surface area contributed by atoms with Crippen molar-refractivity contribution >= 4 is 34.2 Å². The van der Waals surface area contributed by atoms with E-state index in [1.54, 1.807) is 24.3 Å². The first-order valence-electron chi connectivity index (χ1n) is 6.34. The van der Waals surface area contributed by atoms with Crippen LogP contribution in [-0.4, -0.2) is 22.7 Å². The third kappa shape index (κ3) is 2.98. The summed E-state index contributed by atoms with van der Waals surface area (Å²) < 4.78 is 5.38. The molecule has 0 spiro atoms. The second kappa shape index (κ2) is 5.85. The number of anilines is 1. The summed E-state index contributed by atoms with van der Waals surface area (Å²) in [6, 6.07) is 14.5. The minimum atomic E-state index is -0.299. The lowest BCUT2D eigenvalue weighted by atomic mass is 10.2. The first-order chi connectivity index (χ1) is 10.2. The number of para-hydroxylation sites is 2. The van der Waals surface area contributed by atoms with Gasteiger partial charge in [-0.25, -0.2) is 0 Å². The third-order valence-corrected chi connectivity index (χ3v) is 3.24. The van der Waals surface area contributed by atoms with Gasteiger partial charge < -0.3 is 10.1 Å². The lowest BCUT2D eigenvalue weighted by molar-refractivity contribution is -0.118. The van der Waals surface area contributed by atoms with E-state index in [1.807, 2.05) is 24.3 Å². The fourth-order valence-electron chi connectivity index (χ4n) is 1.93. The van der Waals surface area contributed by atoms with Crippen LogP contribution in [0.25, 0.3) is 10.9 Å². The quantitative estimate of drug-likeness (QED) is 0.777. The zero-order chi connectivity index (χ0) is 14.7. The number of rotatable bonds is 4. The standard InChI is InChI=1S/C15H12ClN3O2/c16-11-6-2-4-8-13(11)21-9-14(20)17-15-10-5-1-3-7-12(10)18-19-15/h1-8H,9H2,(H2,17,18,19,20). The number of aromatic amines is 1. The zero-order valence-electron chi connectivity index (χ0n) is 11.0. The Bertz CT molecular complexity index is 785. The molecule has 2 N–H and O–H groups in total.